The Morgan fingerprint density at radius 1 is 1.12 bits per heavy atom. The number of hydrogen-bond acceptors (Lipinski definition) is 5. The molecule has 0 radical (unpaired) electrons. The van der Waals surface area contributed by atoms with Gasteiger partial charge in [-0.05, 0) is 39.5 Å². The van der Waals surface area contributed by atoms with Gasteiger partial charge in [0.05, 0.1) is 7.11 Å². The van der Waals surface area contributed by atoms with Crippen LogP contribution in [-0.4, -0.2) is 60.9 Å². The second-order valence-corrected chi connectivity index (χ2v) is 7.60. The summed E-state index contributed by atoms with van der Waals surface area (Å²) in [5.41, 5.74) is -0.522. The van der Waals surface area contributed by atoms with Crippen molar-refractivity contribution in [1.29, 1.82) is 0 Å². The summed E-state index contributed by atoms with van der Waals surface area (Å²) in [6.07, 6.45) is 0.940. The highest BCUT2D eigenvalue weighted by Gasteiger charge is 2.29. The summed E-state index contributed by atoms with van der Waals surface area (Å²) in [7, 11) is 1.30. The molecule has 8 nitrogen and oxygen atoms in total. The number of nitrogens with one attached hydrogen (secondary N) is 2. The van der Waals surface area contributed by atoms with Crippen molar-refractivity contribution in [3.63, 3.8) is 0 Å². The van der Waals surface area contributed by atoms with Crippen LogP contribution in [0, 0.1) is 5.92 Å². The van der Waals surface area contributed by atoms with E-state index in [-0.39, 0.29) is 18.1 Å². The Morgan fingerprint density at radius 3 is 2.12 bits per heavy atom. The molecule has 0 aliphatic carbocycles. The Kier molecular flexibility index (Phi) is 7.51. The highest BCUT2D eigenvalue weighted by Crippen LogP contribution is 2.15. The maximum atomic E-state index is 12.1. The van der Waals surface area contributed by atoms with Gasteiger partial charge in [-0.1, -0.05) is 13.8 Å². The fourth-order valence-electron chi connectivity index (χ4n) is 2.53. The van der Waals surface area contributed by atoms with Crippen LogP contribution >= 0.6 is 0 Å². The van der Waals surface area contributed by atoms with Crippen molar-refractivity contribution in [2.75, 3.05) is 20.2 Å². The van der Waals surface area contributed by atoms with E-state index in [4.69, 9.17) is 9.47 Å². The molecule has 25 heavy (non-hydrogen) atoms. The quantitative estimate of drug-likeness (QED) is 0.749. The molecular formula is C17H31N3O5. The van der Waals surface area contributed by atoms with Crippen molar-refractivity contribution in [3.05, 3.63) is 0 Å². The largest absolute Gasteiger partial charge is 0.467 e. The topological polar surface area (TPSA) is 97.0 Å². The molecule has 1 fully saturated rings. The molecule has 144 valence electrons. The van der Waals surface area contributed by atoms with Crippen LogP contribution in [-0.2, 0) is 14.3 Å². The van der Waals surface area contributed by atoms with E-state index in [1.165, 1.54) is 7.11 Å². The standard InChI is InChI=1S/C17H31N3O5/c1-11(2)13(14(21)24-6)19-15(22)18-12-7-9-20(10-8-12)16(23)25-17(3,4)5/h11-13H,7-10H2,1-6H3,(H2,18,19,22). The monoisotopic (exact) mass is 357 g/mol. The van der Waals surface area contributed by atoms with Gasteiger partial charge in [0.1, 0.15) is 11.6 Å². The number of methoxy groups -OCH3 is 1. The maximum Gasteiger partial charge on any atom is 0.410 e. The summed E-state index contributed by atoms with van der Waals surface area (Å²) < 4.78 is 10.1. The second-order valence-electron chi connectivity index (χ2n) is 7.60. The molecule has 1 saturated heterocycles. The molecule has 1 aliphatic rings. The van der Waals surface area contributed by atoms with E-state index in [9.17, 15) is 14.4 Å². The fraction of sp³-hybridized carbons (Fsp3) is 0.824. The molecule has 0 saturated carbocycles. The van der Waals surface area contributed by atoms with Gasteiger partial charge in [-0.15, -0.1) is 0 Å². The lowest BCUT2D eigenvalue weighted by Gasteiger charge is -2.34. The minimum Gasteiger partial charge on any atom is -0.467 e. The molecule has 1 aliphatic heterocycles. The van der Waals surface area contributed by atoms with Crippen LogP contribution in [0.3, 0.4) is 0 Å². The number of hydrogen-bond donors (Lipinski definition) is 2. The van der Waals surface area contributed by atoms with Gasteiger partial charge in [-0.2, -0.15) is 0 Å². The van der Waals surface area contributed by atoms with Crippen LogP contribution in [0.4, 0.5) is 9.59 Å². The predicted octanol–water partition coefficient (Wildman–Crippen LogP) is 1.88. The molecule has 0 aromatic carbocycles. The number of carbonyl (C=O) groups excluding carboxylic acids is 3. The van der Waals surface area contributed by atoms with Crippen LogP contribution < -0.4 is 10.6 Å². The highest BCUT2D eigenvalue weighted by atomic mass is 16.6. The van der Waals surface area contributed by atoms with Gasteiger partial charge in [0.15, 0.2) is 0 Å². The molecular weight excluding hydrogens is 326 g/mol. The summed E-state index contributed by atoms with van der Waals surface area (Å²) in [5, 5.41) is 5.50. The summed E-state index contributed by atoms with van der Waals surface area (Å²) in [5.74, 6) is -0.544. The lowest BCUT2D eigenvalue weighted by atomic mass is 10.0. The second kappa shape index (κ2) is 8.92. The number of amides is 3. The van der Waals surface area contributed by atoms with Crippen molar-refractivity contribution in [3.8, 4) is 0 Å². The van der Waals surface area contributed by atoms with E-state index in [1.54, 1.807) is 4.90 Å². The minimum absolute atomic E-state index is 0.0517. The molecule has 8 heteroatoms. The predicted molar refractivity (Wildman–Crippen MR) is 93.1 cm³/mol. The average Bonchev–Trinajstić information content (AvgIpc) is 2.50. The number of piperidine rings is 1. The van der Waals surface area contributed by atoms with Crippen LogP contribution in [0.15, 0.2) is 0 Å². The number of esters is 1. The maximum absolute atomic E-state index is 12.1. The van der Waals surface area contributed by atoms with Crippen molar-refractivity contribution in [2.24, 2.45) is 5.92 Å². The van der Waals surface area contributed by atoms with Crippen molar-refractivity contribution in [1.82, 2.24) is 15.5 Å². The molecule has 0 bridgehead atoms. The zero-order valence-electron chi connectivity index (χ0n) is 16.0. The SMILES string of the molecule is COC(=O)C(NC(=O)NC1CCN(C(=O)OC(C)(C)C)CC1)C(C)C. The van der Waals surface area contributed by atoms with E-state index in [0.717, 1.165) is 0 Å². The molecule has 1 atom stereocenters. The van der Waals surface area contributed by atoms with E-state index >= 15 is 0 Å². The number of ether oxygens (including phenoxy) is 2. The molecule has 1 unspecified atom stereocenters. The number of carbonyl (C=O) groups is 3. The van der Waals surface area contributed by atoms with Gasteiger partial charge in [0, 0.05) is 19.1 Å². The summed E-state index contributed by atoms with van der Waals surface area (Å²) >= 11 is 0. The van der Waals surface area contributed by atoms with Crippen molar-refractivity contribution >= 4 is 18.1 Å². The molecule has 1 rings (SSSR count). The first-order chi connectivity index (χ1) is 11.5. The molecule has 2 N–H and O–H groups in total. The zero-order chi connectivity index (χ0) is 19.2. The number of nitrogens with zero attached hydrogens (tertiary/aromatic N) is 1. The van der Waals surface area contributed by atoms with Crippen molar-refractivity contribution < 1.29 is 23.9 Å². The van der Waals surface area contributed by atoms with E-state index < -0.39 is 23.6 Å². The van der Waals surface area contributed by atoms with E-state index in [2.05, 4.69) is 10.6 Å². The normalized spacial score (nSPS) is 17.0. The number of rotatable bonds is 4. The van der Waals surface area contributed by atoms with E-state index in [1.807, 2.05) is 34.6 Å². The first-order valence-electron chi connectivity index (χ1n) is 8.66. The van der Waals surface area contributed by atoms with Gasteiger partial charge in [0.2, 0.25) is 0 Å². The highest BCUT2D eigenvalue weighted by molar-refractivity contribution is 5.83. The lowest BCUT2D eigenvalue weighted by molar-refractivity contribution is -0.144. The molecule has 0 aromatic heterocycles. The smallest absolute Gasteiger partial charge is 0.410 e. The third-order valence-electron chi connectivity index (χ3n) is 3.89. The third-order valence-corrected chi connectivity index (χ3v) is 3.89. The summed E-state index contributed by atoms with van der Waals surface area (Å²) in [4.78, 5) is 37.5. The Bertz CT molecular complexity index is 479. The van der Waals surface area contributed by atoms with Crippen LogP contribution in [0.25, 0.3) is 0 Å². The first-order valence-corrected chi connectivity index (χ1v) is 8.66. The van der Waals surface area contributed by atoms with Crippen LogP contribution in [0.2, 0.25) is 0 Å². The summed E-state index contributed by atoms with van der Waals surface area (Å²) in [6.45, 7) is 10.2. The first kappa shape index (κ1) is 21.1. The molecule has 3 amide bonds. The minimum atomic E-state index is -0.688. The fourth-order valence-corrected chi connectivity index (χ4v) is 2.53. The Labute approximate surface area is 149 Å². The molecule has 0 spiro atoms. The van der Waals surface area contributed by atoms with Gasteiger partial charge in [-0.25, -0.2) is 14.4 Å². The van der Waals surface area contributed by atoms with Gasteiger partial charge in [-0.3, -0.25) is 0 Å². The van der Waals surface area contributed by atoms with Crippen LogP contribution in [0.1, 0.15) is 47.5 Å². The number of likely N-dealkylation sites (tertiary alicyclic amines) is 1. The average molecular weight is 357 g/mol. The molecule has 1 heterocycles. The number of urea groups is 1. The Hall–Kier alpha value is -1.99. The van der Waals surface area contributed by atoms with Gasteiger partial charge in [0.25, 0.3) is 0 Å². The van der Waals surface area contributed by atoms with Gasteiger partial charge >= 0.3 is 18.1 Å². The van der Waals surface area contributed by atoms with Crippen molar-refractivity contribution in [2.45, 2.75) is 65.1 Å². The molecule has 0 aromatic rings. The lowest BCUT2D eigenvalue weighted by Crippen LogP contribution is -2.54. The van der Waals surface area contributed by atoms with Gasteiger partial charge < -0.3 is 25.0 Å². The third kappa shape index (κ3) is 7.19. The van der Waals surface area contributed by atoms with Crippen LogP contribution in [0.5, 0.6) is 0 Å². The Balaban J connectivity index is 2.44. The summed E-state index contributed by atoms with van der Waals surface area (Å²) in [6, 6.07) is -1.14. The zero-order valence-corrected chi connectivity index (χ0v) is 16.0. The Morgan fingerprint density at radius 2 is 1.68 bits per heavy atom. The van der Waals surface area contributed by atoms with E-state index in [0.29, 0.717) is 25.9 Å².